The quantitative estimate of drug-likeness (QED) is 0.902. The lowest BCUT2D eigenvalue weighted by molar-refractivity contribution is 0.180. The summed E-state index contributed by atoms with van der Waals surface area (Å²) in [6.45, 7) is 1.18. The van der Waals surface area contributed by atoms with Gasteiger partial charge >= 0.3 is 0 Å². The molecule has 4 heteroatoms. The van der Waals surface area contributed by atoms with Gasteiger partial charge in [-0.2, -0.15) is 0 Å². The molecule has 2 rings (SSSR count). The monoisotopic (exact) mass is 297 g/mol. The van der Waals surface area contributed by atoms with Crippen LogP contribution in [0.15, 0.2) is 12.1 Å². The molecule has 0 aliphatic heterocycles. The van der Waals surface area contributed by atoms with Crippen molar-refractivity contribution in [3.8, 4) is 5.75 Å². The number of benzene rings is 1. The van der Waals surface area contributed by atoms with Gasteiger partial charge in [0.25, 0.3) is 0 Å². The van der Waals surface area contributed by atoms with E-state index in [9.17, 15) is 0 Å². The molecule has 112 valence electrons. The van der Waals surface area contributed by atoms with Gasteiger partial charge in [0.15, 0.2) is 0 Å². The maximum atomic E-state index is 6.20. The van der Waals surface area contributed by atoms with Crippen molar-refractivity contribution in [3.63, 3.8) is 0 Å². The van der Waals surface area contributed by atoms with Crippen LogP contribution in [0.4, 0.5) is 0 Å². The highest BCUT2D eigenvalue weighted by molar-refractivity contribution is 6.30. The molecule has 0 unspecified atom stereocenters. The number of rotatable bonds is 5. The standard InChI is InChI=1S/C16H24ClNO2/c1-19-10-12-8-13(17)9-14(20-2)15(12)16(11-18)6-4-3-5-7-16/h8-9H,3-7,10-11,18H2,1-2H3. The number of ether oxygens (including phenoxy) is 2. The van der Waals surface area contributed by atoms with E-state index in [0.717, 1.165) is 24.2 Å². The number of hydrogen-bond donors (Lipinski definition) is 1. The average molecular weight is 298 g/mol. The van der Waals surface area contributed by atoms with E-state index in [0.29, 0.717) is 18.2 Å². The van der Waals surface area contributed by atoms with Gasteiger partial charge in [-0.05, 0) is 30.5 Å². The zero-order chi connectivity index (χ0) is 14.6. The van der Waals surface area contributed by atoms with Crippen LogP contribution in [-0.2, 0) is 16.8 Å². The lowest BCUT2D eigenvalue weighted by atomic mass is 9.68. The van der Waals surface area contributed by atoms with E-state index in [1.54, 1.807) is 14.2 Å². The van der Waals surface area contributed by atoms with Gasteiger partial charge in [0.1, 0.15) is 5.75 Å². The second-order valence-corrected chi connectivity index (χ2v) is 6.06. The van der Waals surface area contributed by atoms with Gasteiger partial charge in [0.2, 0.25) is 0 Å². The van der Waals surface area contributed by atoms with Crippen LogP contribution in [0.3, 0.4) is 0 Å². The van der Waals surface area contributed by atoms with Gasteiger partial charge in [-0.3, -0.25) is 0 Å². The zero-order valence-corrected chi connectivity index (χ0v) is 13.1. The number of methoxy groups -OCH3 is 2. The second kappa shape index (κ2) is 6.79. The van der Waals surface area contributed by atoms with Crippen molar-refractivity contribution in [2.45, 2.75) is 44.1 Å². The number of nitrogens with two attached hydrogens (primary N) is 1. The fourth-order valence-corrected chi connectivity index (χ4v) is 3.68. The third-order valence-corrected chi connectivity index (χ3v) is 4.62. The summed E-state index contributed by atoms with van der Waals surface area (Å²) in [6, 6.07) is 3.87. The van der Waals surface area contributed by atoms with Crippen molar-refractivity contribution >= 4 is 11.6 Å². The molecule has 0 radical (unpaired) electrons. The van der Waals surface area contributed by atoms with Gasteiger partial charge in [-0.25, -0.2) is 0 Å². The van der Waals surface area contributed by atoms with Gasteiger partial charge in [0, 0.05) is 29.7 Å². The fraction of sp³-hybridized carbons (Fsp3) is 0.625. The fourth-order valence-electron chi connectivity index (χ4n) is 3.45. The van der Waals surface area contributed by atoms with Crippen LogP contribution < -0.4 is 10.5 Å². The zero-order valence-electron chi connectivity index (χ0n) is 12.4. The molecule has 0 aromatic heterocycles. The minimum absolute atomic E-state index is 0.00203. The molecule has 1 aromatic rings. The lowest BCUT2D eigenvalue weighted by Crippen LogP contribution is -2.38. The summed E-state index contributed by atoms with van der Waals surface area (Å²) in [6.07, 6.45) is 5.94. The highest BCUT2D eigenvalue weighted by Gasteiger charge is 2.37. The maximum Gasteiger partial charge on any atom is 0.124 e. The maximum absolute atomic E-state index is 6.20. The molecule has 0 atom stereocenters. The molecule has 0 heterocycles. The van der Waals surface area contributed by atoms with Crippen molar-refractivity contribution < 1.29 is 9.47 Å². The Labute approximate surface area is 126 Å². The topological polar surface area (TPSA) is 44.5 Å². The summed E-state index contributed by atoms with van der Waals surface area (Å²) < 4.78 is 10.9. The van der Waals surface area contributed by atoms with Gasteiger partial charge < -0.3 is 15.2 Å². The van der Waals surface area contributed by atoms with Crippen LogP contribution in [0, 0.1) is 0 Å². The van der Waals surface area contributed by atoms with Crippen molar-refractivity contribution in [1.82, 2.24) is 0 Å². The van der Waals surface area contributed by atoms with E-state index in [4.69, 9.17) is 26.8 Å². The smallest absolute Gasteiger partial charge is 0.124 e. The van der Waals surface area contributed by atoms with Gasteiger partial charge in [-0.1, -0.05) is 30.9 Å². The predicted molar refractivity (Wildman–Crippen MR) is 82.5 cm³/mol. The summed E-state index contributed by atoms with van der Waals surface area (Å²) in [7, 11) is 3.39. The first kappa shape index (κ1) is 15.6. The van der Waals surface area contributed by atoms with Crippen LogP contribution in [0.1, 0.15) is 43.2 Å². The van der Waals surface area contributed by atoms with Crippen molar-refractivity contribution in [3.05, 3.63) is 28.3 Å². The van der Waals surface area contributed by atoms with Crippen molar-refractivity contribution in [1.29, 1.82) is 0 Å². The van der Waals surface area contributed by atoms with Crippen LogP contribution in [-0.4, -0.2) is 20.8 Å². The van der Waals surface area contributed by atoms with E-state index in [-0.39, 0.29) is 5.41 Å². The molecule has 0 saturated heterocycles. The first-order chi connectivity index (χ1) is 9.66. The minimum atomic E-state index is 0.00203. The van der Waals surface area contributed by atoms with E-state index in [1.165, 1.54) is 24.8 Å². The summed E-state index contributed by atoms with van der Waals surface area (Å²) in [4.78, 5) is 0. The van der Waals surface area contributed by atoms with Gasteiger partial charge in [0.05, 0.1) is 13.7 Å². The second-order valence-electron chi connectivity index (χ2n) is 5.62. The summed E-state index contributed by atoms with van der Waals surface area (Å²) >= 11 is 6.20. The first-order valence-electron chi connectivity index (χ1n) is 7.23. The third-order valence-electron chi connectivity index (χ3n) is 4.40. The van der Waals surface area contributed by atoms with E-state index < -0.39 is 0 Å². The molecule has 1 aliphatic rings. The van der Waals surface area contributed by atoms with Crippen LogP contribution >= 0.6 is 11.6 Å². The molecule has 0 spiro atoms. The normalized spacial score (nSPS) is 18.0. The molecule has 0 amide bonds. The van der Waals surface area contributed by atoms with Crippen LogP contribution in [0.5, 0.6) is 5.75 Å². The first-order valence-corrected chi connectivity index (χ1v) is 7.60. The lowest BCUT2D eigenvalue weighted by Gasteiger charge is -2.39. The average Bonchev–Trinajstić information content (AvgIpc) is 2.47. The van der Waals surface area contributed by atoms with Crippen molar-refractivity contribution in [2.24, 2.45) is 5.73 Å². The highest BCUT2D eigenvalue weighted by atomic mass is 35.5. The predicted octanol–water partition coefficient (Wildman–Crippen LogP) is 3.66. The highest BCUT2D eigenvalue weighted by Crippen LogP contribution is 2.45. The van der Waals surface area contributed by atoms with E-state index in [2.05, 4.69) is 0 Å². The Morgan fingerprint density at radius 1 is 1.20 bits per heavy atom. The molecule has 0 bridgehead atoms. The Morgan fingerprint density at radius 2 is 1.90 bits per heavy atom. The Balaban J connectivity index is 2.56. The summed E-state index contributed by atoms with van der Waals surface area (Å²) in [5.74, 6) is 0.844. The Kier molecular flexibility index (Phi) is 5.30. The minimum Gasteiger partial charge on any atom is -0.496 e. The number of hydrogen-bond acceptors (Lipinski definition) is 3. The third kappa shape index (κ3) is 2.95. The molecule has 1 fully saturated rings. The molecule has 2 N–H and O–H groups in total. The molecule has 3 nitrogen and oxygen atoms in total. The molecule has 1 aliphatic carbocycles. The van der Waals surface area contributed by atoms with Gasteiger partial charge in [-0.15, -0.1) is 0 Å². The Hall–Kier alpha value is -0.770. The Morgan fingerprint density at radius 3 is 2.45 bits per heavy atom. The van der Waals surface area contributed by atoms with Crippen LogP contribution in [0.25, 0.3) is 0 Å². The molecular weight excluding hydrogens is 274 g/mol. The molecular formula is C16H24ClNO2. The molecule has 1 saturated carbocycles. The Bertz CT molecular complexity index is 456. The van der Waals surface area contributed by atoms with E-state index in [1.807, 2.05) is 12.1 Å². The van der Waals surface area contributed by atoms with E-state index >= 15 is 0 Å². The summed E-state index contributed by atoms with van der Waals surface area (Å²) in [5, 5.41) is 0.681. The largest absolute Gasteiger partial charge is 0.496 e. The SMILES string of the molecule is COCc1cc(Cl)cc(OC)c1C1(CN)CCCCC1. The number of halogens is 1. The molecule has 20 heavy (non-hydrogen) atoms. The van der Waals surface area contributed by atoms with Crippen molar-refractivity contribution in [2.75, 3.05) is 20.8 Å². The molecule has 1 aromatic carbocycles. The summed E-state index contributed by atoms with van der Waals surface area (Å²) in [5.41, 5.74) is 8.47. The van der Waals surface area contributed by atoms with Crippen LogP contribution in [0.2, 0.25) is 5.02 Å².